The molecule has 1 saturated heterocycles. The SMILES string of the molecule is COc1cc(Br)c(C(c2ccc(Cl)c(C(F)(F)F)c2)N2CCCNCC2)cc1OC. The van der Waals surface area contributed by atoms with E-state index in [0.29, 0.717) is 23.6 Å². The monoisotopic (exact) mass is 506 g/mol. The van der Waals surface area contributed by atoms with Crippen molar-refractivity contribution in [2.24, 2.45) is 0 Å². The molecule has 4 nitrogen and oxygen atoms in total. The molecule has 1 atom stereocenters. The van der Waals surface area contributed by atoms with Gasteiger partial charge in [0, 0.05) is 24.1 Å². The van der Waals surface area contributed by atoms with Gasteiger partial charge in [-0.25, -0.2) is 0 Å². The fraction of sp³-hybridized carbons (Fsp3) is 0.429. The predicted octanol–water partition coefficient (Wildman–Crippen LogP) is 5.52. The van der Waals surface area contributed by atoms with Gasteiger partial charge in [0.25, 0.3) is 0 Å². The second-order valence-corrected chi connectivity index (χ2v) is 8.27. The van der Waals surface area contributed by atoms with Gasteiger partial charge in [0.15, 0.2) is 11.5 Å². The van der Waals surface area contributed by atoms with Crippen LogP contribution in [0.25, 0.3) is 0 Å². The average molecular weight is 508 g/mol. The minimum absolute atomic E-state index is 0.311. The van der Waals surface area contributed by atoms with Gasteiger partial charge in [0.2, 0.25) is 0 Å². The maximum Gasteiger partial charge on any atom is 0.417 e. The molecule has 0 aliphatic carbocycles. The first kappa shape index (κ1) is 23.2. The molecule has 0 bridgehead atoms. The molecule has 1 aliphatic rings. The van der Waals surface area contributed by atoms with E-state index in [4.69, 9.17) is 21.1 Å². The van der Waals surface area contributed by atoms with E-state index in [1.165, 1.54) is 20.3 Å². The molecule has 0 spiro atoms. The molecule has 164 valence electrons. The Morgan fingerprint density at radius 2 is 1.77 bits per heavy atom. The van der Waals surface area contributed by atoms with E-state index in [9.17, 15) is 13.2 Å². The lowest BCUT2D eigenvalue weighted by Gasteiger charge is -2.33. The van der Waals surface area contributed by atoms with E-state index in [1.807, 2.05) is 6.07 Å². The summed E-state index contributed by atoms with van der Waals surface area (Å²) in [5.74, 6) is 1.05. The first-order valence-corrected chi connectivity index (χ1v) is 10.7. The lowest BCUT2D eigenvalue weighted by Crippen LogP contribution is -2.33. The van der Waals surface area contributed by atoms with E-state index in [0.717, 1.165) is 42.2 Å². The van der Waals surface area contributed by atoms with E-state index in [-0.39, 0.29) is 5.02 Å². The Kier molecular flexibility index (Phi) is 7.55. The van der Waals surface area contributed by atoms with Gasteiger partial charge in [0.1, 0.15) is 0 Å². The number of alkyl halides is 3. The van der Waals surface area contributed by atoms with Gasteiger partial charge in [-0.05, 0) is 48.4 Å². The highest BCUT2D eigenvalue weighted by Crippen LogP contribution is 2.43. The second kappa shape index (κ2) is 9.77. The Morgan fingerprint density at radius 3 is 2.43 bits per heavy atom. The molecule has 1 aliphatic heterocycles. The average Bonchev–Trinajstić information content (AvgIpc) is 2.98. The van der Waals surface area contributed by atoms with Crippen LogP contribution in [0.1, 0.15) is 29.2 Å². The minimum atomic E-state index is -4.53. The Labute approximate surface area is 187 Å². The Balaban J connectivity index is 2.18. The number of hydrogen-bond acceptors (Lipinski definition) is 4. The van der Waals surface area contributed by atoms with Gasteiger partial charge in [-0.2, -0.15) is 13.2 Å². The van der Waals surface area contributed by atoms with Crippen molar-refractivity contribution in [2.75, 3.05) is 40.4 Å². The van der Waals surface area contributed by atoms with Gasteiger partial charge >= 0.3 is 6.18 Å². The maximum absolute atomic E-state index is 13.5. The Morgan fingerprint density at radius 1 is 1.07 bits per heavy atom. The maximum atomic E-state index is 13.5. The highest BCUT2D eigenvalue weighted by molar-refractivity contribution is 9.10. The standard InChI is InChI=1S/C21H23BrClF3N2O2/c1-29-18-11-14(16(22)12-19(18)30-2)20(28-8-3-6-27-7-9-28)13-4-5-17(23)15(10-13)21(24,25)26/h4-5,10-12,20,27H,3,6-9H2,1-2H3. The summed E-state index contributed by atoms with van der Waals surface area (Å²) in [6.07, 6.45) is -3.64. The lowest BCUT2D eigenvalue weighted by atomic mass is 9.94. The molecule has 1 N–H and O–H groups in total. The van der Waals surface area contributed by atoms with E-state index in [1.54, 1.807) is 12.1 Å². The van der Waals surface area contributed by atoms with Crippen LogP contribution in [0.2, 0.25) is 5.02 Å². The van der Waals surface area contributed by atoms with Crippen molar-refractivity contribution in [2.45, 2.75) is 18.6 Å². The van der Waals surface area contributed by atoms with Crippen LogP contribution in [0.5, 0.6) is 11.5 Å². The van der Waals surface area contributed by atoms with Crippen LogP contribution in [0.3, 0.4) is 0 Å². The number of hydrogen-bond donors (Lipinski definition) is 1. The van der Waals surface area contributed by atoms with E-state index >= 15 is 0 Å². The molecule has 9 heteroatoms. The Hall–Kier alpha value is -1.48. The molecule has 2 aromatic carbocycles. The first-order chi connectivity index (χ1) is 14.3. The smallest absolute Gasteiger partial charge is 0.417 e. The van der Waals surface area contributed by atoms with Crippen LogP contribution >= 0.6 is 27.5 Å². The number of methoxy groups -OCH3 is 2. The van der Waals surface area contributed by atoms with Crippen LogP contribution in [-0.2, 0) is 6.18 Å². The van der Waals surface area contributed by atoms with Crippen molar-refractivity contribution in [3.8, 4) is 11.5 Å². The number of halogens is 5. The molecule has 3 rings (SSSR count). The summed E-state index contributed by atoms with van der Waals surface area (Å²) < 4.78 is 52.2. The van der Waals surface area contributed by atoms with Crippen molar-refractivity contribution >= 4 is 27.5 Å². The molecule has 1 fully saturated rings. The molecule has 0 amide bonds. The summed E-state index contributed by atoms with van der Waals surface area (Å²) in [5.41, 5.74) is 0.475. The molecule has 2 aromatic rings. The minimum Gasteiger partial charge on any atom is -0.493 e. The number of nitrogens with one attached hydrogen (secondary N) is 1. The summed E-state index contributed by atoms with van der Waals surface area (Å²) in [6, 6.07) is 7.29. The van der Waals surface area contributed by atoms with Crippen LogP contribution in [0, 0.1) is 0 Å². The van der Waals surface area contributed by atoms with Gasteiger partial charge in [-0.3, -0.25) is 4.90 Å². The summed E-state index contributed by atoms with van der Waals surface area (Å²) in [5, 5.41) is 3.02. The third-order valence-electron chi connectivity index (χ3n) is 5.15. The number of benzene rings is 2. The fourth-order valence-corrected chi connectivity index (χ4v) is 4.49. The van der Waals surface area contributed by atoms with E-state index < -0.39 is 17.8 Å². The fourth-order valence-electron chi connectivity index (χ4n) is 3.72. The van der Waals surface area contributed by atoms with Crippen molar-refractivity contribution in [3.05, 3.63) is 56.5 Å². The second-order valence-electron chi connectivity index (χ2n) is 7.01. The molecule has 30 heavy (non-hydrogen) atoms. The van der Waals surface area contributed by atoms with Gasteiger partial charge in [0.05, 0.1) is 30.8 Å². The predicted molar refractivity (Wildman–Crippen MR) is 115 cm³/mol. The summed E-state index contributed by atoms with van der Waals surface area (Å²) in [7, 11) is 3.07. The molecular formula is C21H23BrClF3N2O2. The number of rotatable bonds is 5. The van der Waals surface area contributed by atoms with Crippen LogP contribution < -0.4 is 14.8 Å². The lowest BCUT2D eigenvalue weighted by molar-refractivity contribution is -0.137. The highest BCUT2D eigenvalue weighted by Gasteiger charge is 2.35. The molecule has 1 heterocycles. The largest absolute Gasteiger partial charge is 0.493 e. The zero-order valence-corrected chi connectivity index (χ0v) is 19.0. The summed E-state index contributed by atoms with van der Waals surface area (Å²) in [6.45, 7) is 3.05. The molecular weight excluding hydrogens is 485 g/mol. The van der Waals surface area contributed by atoms with Gasteiger partial charge in [-0.1, -0.05) is 33.6 Å². The van der Waals surface area contributed by atoms with Crippen molar-refractivity contribution in [1.29, 1.82) is 0 Å². The van der Waals surface area contributed by atoms with Crippen molar-refractivity contribution in [3.63, 3.8) is 0 Å². The summed E-state index contributed by atoms with van der Waals surface area (Å²) in [4.78, 5) is 2.18. The topological polar surface area (TPSA) is 33.7 Å². The van der Waals surface area contributed by atoms with Crippen LogP contribution in [0.15, 0.2) is 34.8 Å². The molecule has 0 radical (unpaired) electrons. The molecule has 0 saturated carbocycles. The normalized spacial score (nSPS) is 16.8. The third-order valence-corrected chi connectivity index (χ3v) is 6.17. The van der Waals surface area contributed by atoms with Gasteiger partial charge in [-0.15, -0.1) is 0 Å². The van der Waals surface area contributed by atoms with Crippen LogP contribution in [-0.4, -0.2) is 45.3 Å². The summed E-state index contributed by atoms with van der Waals surface area (Å²) >= 11 is 9.45. The molecule has 1 unspecified atom stereocenters. The third kappa shape index (κ3) is 5.04. The number of nitrogens with zero attached hydrogens (tertiary/aromatic N) is 1. The molecule has 0 aromatic heterocycles. The first-order valence-electron chi connectivity index (χ1n) is 9.49. The van der Waals surface area contributed by atoms with Crippen molar-refractivity contribution in [1.82, 2.24) is 10.2 Å². The number of ether oxygens (including phenoxy) is 2. The van der Waals surface area contributed by atoms with Crippen molar-refractivity contribution < 1.29 is 22.6 Å². The zero-order valence-electron chi connectivity index (χ0n) is 16.7. The van der Waals surface area contributed by atoms with Crippen LogP contribution in [0.4, 0.5) is 13.2 Å². The highest BCUT2D eigenvalue weighted by atomic mass is 79.9. The quantitative estimate of drug-likeness (QED) is 0.578. The zero-order chi connectivity index (χ0) is 21.9. The Bertz CT molecular complexity index is 887. The van der Waals surface area contributed by atoms with E-state index in [2.05, 4.69) is 26.1 Å². The van der Waals surface area contributed by atoms with Gasteiger partial charge < -0.3 is 14.8 Å².